The van der Waals surface area contributed by atoms with Gasteiger partial charge in [0.1, 0.15) is 0 Å². The number of carbonyl (C=O) groups excluding carboxylic acids is 3. The number of Topliss-reactive ketones (excluding diaryl/α,β-unsaturated/α-hetero) is 3. The summed E-state index contributed by atoms with van der Waals surface area (Å²) >= 11 is 0. The third-order valence-electron chi connectivity index (χ3n) is 3.65. The molecule has 0 bridgehead atoms. The molecule has 0 amide bonds. The van der Waals surface area contributed by atoms with Crippen LogP contribution >= 0.6 is 0 Å². The van der Waals surface area contributed by atoms with Crippen molar-refractivity contribution in [2.75, 3.05) is 0 Å². The Labute approximate surface area is 130 Å². The SMILES string of the molecule is CC(=O)c1ccc(C(C)=O)c(C(C)=O)c1Cc1ccccc1. The molecule has 0 saturated carbocycles. The Morgan fingerprint density at radius 1 is 0.727 bits per heavy atom. The molecule has 0 saturated heterocycles. The average molecular weight is 294 g/mol. The summed E-state index contributed by atoms with van der Waals surface area (Å²) in [5, 5.41) is 0. The van der Waals surface area contributed by atoms with E-state index in [4.69, 9.17) is 0 Å². The van der Waals surface area contributed by atoms with Crippen molar-refractivity contribution in [2.24, 2.45) is 0 Å². The second-order valence-corrected chi connectivity index (χ2v) is 5.35. The lowest BCUT2D eigenvalue weighted by atomic mass is 9.87. The molecule has 0 spiro atoms. The molecule has 2 rings (SSSR count). The van der Waals surface area contributed by atoms with Gasteiger partial charge in [0.25, 0.3) is 0 Å². The molecule has 0 aromatic heterocycles. The Hall–Kier alpha value is -2.55. The van der Waals surface area contributed by atoms with Crippen molar-refractivity contribution in [3.8, 4) is 0 Å². The first-order valence-electron chi connectivity index (χ1n) is 7.14. The minimum Gasteiger partial charge on any atom is -0.295 e. The summed E-state index contributed by atoms with van der Waals surface area (Å²) in [6.07, 6.45) is 0.450. The van der Waals surface area contributed by atoms with Gasteiger partial charge in [0, 0.05) is 16.7 Å². The van der Waals surface area contributed by atoms with Crippen LogP contribution in [-0.2, 0) is 6.42 Å². The van der Waals surface area contributed by atoms with Crippen molar-refractivity contribution in [2.45, 2.75) is 27.2 Å². The lowest BCUT2D eigenvalue weighted by Crippen LogP contribution is -2.13. The number of ketones is 3. The van der Waals surface area contributed by atoms with Gasteiger partial charge in [-0.05, 0) is 44.4 Å². The maximum atomic E-state index is 12.1. The van der Waals surface area contributed by atoms with Crippen LogP contribution in [0, 0.1) is 0 Å². The summed E-state index contributed by atoms with van der Waals surface area (Å²) in [5.74, 6) is -0.475. The summed E-state index contributed by atoms with van der Waals surface area (Å²) in [7, 11) is 0. The number of hydrogen-bond acceptors (Lipinski definition) is 3. The number of carbonyl (C=O) groups is 3. The Balaban J connectivity index is 2.70. The van der Waals surface area contributed by atoms with Gasteiger partial charge in [-0.3, -0.25) is 14.4 Å². The van der Waals surface area contributed by atoms with Crippen molar-refractivity contribution in [3.05, 3.63) is 70.3 Å². The van der Waals surface area contributed by atoms with Gasteiger partial charge in [-0.15, -0.1) is 0 Å². The molecule has 22 heavy (non-hydrogen) atoms. The molecule has 0 N–H and O–H groups in total. The van der Waals surface area contributed by atoms with Gasteiger partial charge in [0.05, 0.1) is 0 Å². The molecular weight excluding hydrogens is 276 g/mol. The summed E-state index contributed by atoms with van der Waals surface area (Å²) in [5.41, 5.74) is 2.87. The molecular formula is C19H18O3. The van der Waals surface area contributed by atoms with E-state index >= 15 is 0 Å². The summed E-state index contributed by atoms with van der Waals surface area (Å²) in [6.45, 7) is 4.34. The third kappa shape index (κ3) is 3.19. The van der Waals surface area contributed by atoms with Gasteiger partial charge in [0.2, 0.25) is 0 Å². The zero-order chi connectivity index (χ0) is 16.3. The fraction of sp³-hybridized carbons (Fsp3) is 0.211. The highest BCUT2D eigenvalue weighted by Crippen LogP contribution is 2.24. The fourth-order valence-corrected chi connectivity index (χ4v) is 2.66. The lowest BCUT2D eigenvalue weighted by molar-refractivity contribution is 0.0978. The van der Waals surface area contributed by atoms with Gasteiger partial charge >= 0.3 is 0 Å². The molecule has 0 unspecified atom stereocenters. The van der Waals surface area contributed by atoms with Crippen molar-refractivity contribution in [1.82, 2.24) is 0 Å². The molecule has 0 aliphatic carbocycles. The molecule has 2 aromatic rings. The second-order valence-electron chi connectivity index (χ2n) is 5.35. The highest BCUT2D eigenvalue weighted by atomic mass is 16.1. The Kier molecular flexibility index (Phi) is 4.66. The smallest absolute Gasteiger partial charge is 0.160 e. The van der Waals surface area contributed by atoms with E-state index in [9.17, 15) is 14.4 Å². The van der Waals surface area contributed by atoms with Crippen LogP contribution in [0.5, 0.6) is 0 Å². The lowest BCUT2D eigenvalue weighted by Gasteiger charge is -2.15. The highest BCUT2D eigenvalue weighted by Gasteiger charge is 2.21. The largest absolute Gasteiger partial charge is 0.295 e. The third-order valence-corrected chi connectivity index (χ3v) is 3.65. The molecule has 0 fully saturated rings. The molecule has 3 nitrogen and oxygen atoms in total. The van der Waals surface area contributed by atoms with E-state index in [1.807, 2.05) is 30.3 Å². The number of rotatable bonds is 5. The predicted octanol–water partition coefficient (Wildman–Crippen LogP) is 3.89. The number of hydrogen-bond donors (Lipinski definition) is 0. The maximum Gasteiger partial charge on any atom is 0.160 e. The van der Waals surface area contributed by atoms with E-state index in [1.54, 1.807) is 12.1 Å². The van der Waals surface area contributed by atoms with Crippen LogP contribution in [0.15, 0.2) is 42.5 Å². The van der Waals surface area contributed by atoms with Crippen LogP contribution in [0.25, 0.3) is 0 Å². The summed E-state index contributed by atoms with van der Waals surface area (Å²) in [4.78, 5) is 35.8. The Bertz CT molecular complexity index is 743. The number of benzene rings is 2. The molecule has 0 atom stereocenters. The minimum atomic E-state index is -0.195. The zero-order valence-corrected chi connectivity index (χ0v) is 13.0. The van der Waals surface area contributed by atoms with Crippen molar-refractivity contribution < 1.29 is 14.4 Å². The van der Waals surface area contributed by atoms with E-state index in [0.29, 0.717) is 28.7 Å². The average Bonchev–Trinajstić information content (AvgIpc) is 2.47. The second kappa shape index (κ2) is 6.48. The molecule has 0 radical (unpaired) electrons. The normalized spacial score (nSPS) is 10.3. The van der Waals surface area contributed by atoms with Gasteiger partial charge in [-0.25, -0.2) is 0 Å². The van der Waals surface area contributed by atoms with Crippen molar-refractivity contribution in [3.63, 3.8) is 0 Å². The molecule has 112 valence electrons. The molecule has 3 heteroatoms. The first-order valence-corrected chi connectivity index (χ1v) is 7.14. The van der Waals surface area contributed by atoms with Crippen LogP contribution in [0.1, 0.15) is 63.0 Å². The minimum absolute atomic E-state index is 0.108. The topological polar surface area (TPSA) is 51.2 Å². The monoisotopic (exact) mass is 294 g/mol. The first kappa shape index (κ1) is 15.8. The van der Waals surface area contributed by atoms with Crippen LogP contribution in [-0.4, -0.2) is 17.3 Å². The van der Waals surface area contributed by atoms with Crippen molar-refractivity contribution >= 4 is 17.3 Å². The molecule has 0 heterocycles. The van der Waals surface area contributed by atoms with E-state index in [0.717, 1.165) is 5.56 Å². The van der Waals surface area contributed by atoms with Crippen LogP contribution in [0.3, 0.4) is 0 Å². The predicted molar refractivity (Wildman–Crippen MR) is 85.7 cm³/mol. The van der Waals surface area contributed by atoms with Gasteiger partial charge in [-0.1, -0.05) is 36.4 Å². The van der Waals surface area contributed by atoms with Gasteiger partial charge in [0.15, 0.2) is 17.3 Å². The van der Waals surface area contributed by atoms with Gasteiger partial charge < -0.3 is 0 Å². The molecule has 2 aromatic carbocycles. The van der Waals surface area contributed by atoms with E-state index in [2.05, 4.69) is 0 Å². The quantitative estimate of drug-likeness (QED) is 0.786. The van der Waals surface area contributed by atoms with E-state index in [-0.39, 0.29) is 17.3 Å². The van der Waals surface area contributed by atoms with E-state index in [1.165, 1.54) is 20.8 Å². The Morgan fingerprint density at radius 3 is 1.77 bits per heavy atom. The first-order chi connectivity index (χ1) is 10.4. The molecule has 0 aliphatic heterocycles. The van der Waals surface area contributed by atoms with Crippen LogP contribution in [0.2, 0.25) is 0 Å². The van der Waals surface area contributed by atoms with Gasteiger partial charge in [-0.2, -0.15) is 0 Å². The summed E-state index contributed by atoms with van der Waals surface area (Å²) < 4.78 is 0. The Morgan fingerprint density at radius 2 is 1.27 bits per heavy atom. The van der Waals surface area contributed by atoms with Crippen molar-refractivity contribution in [1.29, 1.82) is 0 Å². The maximum absolute atomic E-state index is 12.1. The van der Waals surface area contributed by atoms with Crippen LogP contribution < -0.4 is 0 Å². The fourth-order valence-electron chi connectivity index (χ4n) is 2.66. The molecule has 0 aliphatic rings. The highest BCUT2D eigenvalue weighted by molar-refractivity contribution is 6.10. The standard InChI is InChI=1S/C19H18O3/c1-12(20)16-9-10-17(13(2)21)19(14(3)22)18(16)11-15-7-5-4-6-8-15/h4-10H,11H2,1-3H3. The zero-order valence-electron chi connectivity index (χ0n) is 13.0. The van der Waals surface area contributed by atoms with E-state index < -0.39 is 0 Å². The van der Waals surface area contributed by atoms with Crippen LogP contribution in [0.4, 0.5) is 0 Å². The summed E-state index contributed by atoms with van der Waals surface area (Å²) in [6, 6.07) is 12.8.